The van der Waals surface area contributed by atoms with Gasteiger partial charge in [0, 0.05) is 6.61 Å². The van der Waals surface area contributed by atoms with Crippen molar-refractivity contribution in [2.45, 2.75) is 44.6 Å². The van der Waals surface area contributed by atoms with Gasteiger partial charge in [-0.05, 0) is 43.9 Å². The van der Waals surface area contributed by atoms with Crippen molar-refractivity contribution in [3.05, 3.63) is 0 Å². The quantitative estimate of drug-likeness (QED) is 0.752. The molecule has 0 heterocycles. The van der Waals surface area contributed by atoms with Crippen LogP contribution in [-0.4, -0.2) is 23.3 Å². The molecular weight excluding hydrogens is 180 g/mol. The van der Waals surface area contributed by atoms with Crippen LogP contribution in [0.15, 0.2) is 0 Å². The van der Waals surface area contributed by atoms with E-state index in [-0.39, 0.29) is 5.92 Å². The lowest BCUT2D eigenvalue weighted by Crippen LogP contribution is -2.46. The fourth-order valence-electron chi connectivity index (χ4n) is 3.06. The Hall–Kier alpha value is -0.570. The monoisotopic (exact) mass is 198 g/mol. The van der Waals surface area contributed by atoms with Crippen molar-refractivity contribution < 1.29 is 14.6 Å². The largest absolute Gasteiger partial charge is 0.479 e. The lowest BCUT2D eigenvalue weighted by molar-refractivity contribution is -0.174. The molecule has 3 atom stereocenters. The van der Waals surface area contributed by atoms with Crippen LogP contribution in [0, 0.1) is 11.8 Å². The van der Waals surface area contributed by atoms with Crippen LogP contribution < -0.4 is 0 Å². The van der Waals surface area contributed by atoms with E-state index in [4.69, 9.17) is 4.74 Å². The zero-order valence-corrected chi connectivity index (χ0v) is 8.66. The van der Waals surface area contributed by atoms with Gasteiger partial charge >= 0.3 is 5.97 Å². The molecule has 14 heavy (non-hydrogen) atoms. The van der Waals surface area contributed by atoms with Gasteiger partial charge in [-0.15, -0.1) is 0 Å². The summed E-state index contributed by atoms with van der Waals surface area (Å²) in [6.45, 7) is 2.60. The van der Waals surface area contributed by atoms with Crippen molar-refractivity contribution in [1.29, 1.82) is 0 Å². The summed E-state index contributed by atoms with van der Waals surface area (Å²) in [5.74, 6) is 0.141. The number of hydrogen-bond acceptors (Lipinski definition) is 2. The Morgan fingerprint density at radius 3 is 2.79 bits per heavy atom. The normalized spacial score (nSPS) is 40.4. The highest BCUT2D eigenvalue weighted by Crippen LogP contribution is 2.52. The minimum absolute atomic E-state index is 0.275. The van der Waals surface area contributed by atoms with Crippen molar-refractivity contribution in [2.24, 2.45) is 11.8 Å². The SMILES string of the molecule is CCCOC1(C(=O)O)CC2CCC1C2. The number of carbonyl (C=O) groups is 1. The third-order valence-electron chi connectivity index (χ3n) is 3.72. The summed E-state index contributed by atoms with van der Waals surface area (Å²) in [7, 11) is 0. The first-order valence-corrected chi connectivity index (χ1v) is 5.56. The molecule has 0 saturated heterocycles. The number of aliphatic carboxylic acids is 1. The summed E-state index contributed by atoms with van der Waals surface area (Å²) >= 11 is 0. The molecule has 2 aliphatic carbocycles. The van der Waals surface area contributed by atoms with E-state index in [1.165, 1.54) is 6.42 Å². The third-order valence-corrected chi connectivity index (χ3v) is 3.72. The number of rotatable bonds is 4. The predicted octanol–water partition coefficient (Wildman–Crippen LogP) is 2.06. The number of hydrogen-bond donors (Lipinski definition) is 1. The van der Waals surface area contributed by atoms with Gasteiger partial charge in [-0.3, -0.25) is 0 Å². The van der Waals surface area contributed by atoms with Crippen LogP contribution in [0.4, 0.5) is 0 Å². The molecule has 2 aliphatic rings. The molecule has 1 N–H and O–H groups in total. The van der Waals surface area contributed by atoms with Crippen molar-refractivity contribution in [2.75, 3.05) is 6.61 Å². The first kappa shape index (κ1) is 9.97. The Labute approximate surface area is 84.4 Å². The number of ether oxygens (including phenoxy) is 1. The molecule has 0 radical (unpaired) electrons. The maximum Gasteiger partial charge on any atom is 0.336 e. The summed E-state index contributed by atoms with van der Waals surface area (Å²) in [6, 6.07) is 0. The molecule has 0 aromatic carbocycles. The fourth-order valence-corrected chi connectivity index (χ4v) is 3.06. The van der Waals surface area contributed by atoms with Crippen molar-refractivity contribution >= 4 is 5.97 Å². The highest BCUT2D eigenvalue weighted by Gasteiger charge is 2.56. The maximum absolute atomic E-state index is 11.3. The van der Waals surface area contributed by atoms with Crippen molar-refractivity contribution in [3.8, 4) is 0 Å². The molecule has 2 bridgehead atoms. The smallest absolute Gasteiger partial charge is 0.336 e. The molecule has 0 spiro atoms. The molecule has 80 valence electrons. The van der Waals surface area contributed by atoms with Gasteiger partial charge in [-0.1, -0.05) is 6.92 Å². The summed E-state index contributed by atoms with van der Waals surface area (Å²) in [4.78, 5) is 11.3. The molecule has 2 fully saturated rings. The molecule has 3 heteroatoms. The highest BCUT2D eigenvalue weighted by molar-refractivity contribution is 5.78. The minimum atomic E-state index is -0.821. The Bertz CT molecular complexity index is 239. The third kappa shape index (κ3) is 1.34. The molecule has 3 nitrogen and oxygen atoms in total. The lowest BCUT2D eigenvalue weighted by Gasteiger charge is -2.33. The van der Waals surface area contributed by atoms with Gasteiger partial charge < -0.3 is 9.84 Å². The van der Waals surface area contributed by atoms with Gasteiger partial charge in [0.25, 0.3) is 0 Å². The lowest BCUT2D eigenvalue weighted by atomic mass is 9.84. The van der Waals surface area contributed by atoms with Gasteiger partial charge in [-0.25, -0.2) is 4.79 Å². The van der Waals surface area contributed by atoms with E-state index < -0.39 is 11.6 Å². The molecule has 0 aromatic rings. The van der Waals surface area contributed by atoms with Crippen LogP contribution in [-0.2, 0) is 9.53 Å². The Kier molecular flexibility index (Phi) is 2.52. The summed E-state index contributed by atoms with van der Waals surface area (Å²) in [6.07, 6.45) is 4.95. The van der Waals surface area contributed by atoms with E-state index in [2.05, 4.69) is 0 Å². The predicted molar refractivity (Wildman–Crippen MR) is 52.1 cm³/mol. The summed E-state index contributed by atoms with van der Waals surface area (Å²) in [5.41, 5.74) is -0.821. The first-order valence-electron chi connectivity index (χ1n) is 5.56. The second-order valence-corrected chi connectivity index (χ2v) is 4.62. The molecule has 3 unspecified atom stereocenters. The van der Waals surface area contributed by atoms with Gasteiger partial charge in [0.05, 0.1) is 0 Å². The van der Waals surface area contributed by atoms with Crippen molar-refractivity contribution in [3.63, 3.8) is 0 Å². The van der Waals surface area contributed by atoms with Crippen LogP contribution in [0.5, 0.6) is 0 Å². The second-order valence-electron chi connectivity index (χ2n) is 4.62. The van der Waals surface area contributed by atoms with E-state index in [9.17, 15) is 9.90 Å². The summed E-state index contributed by atoms with van der Waals surface area (Å²) < 4.78 is 5.64. The van der Waals surface area contributed by atoms with Crippen molar-refractivity contribution in [1.82, 2.24) is 0 Å². The molecule has 0 amide bonds. The van der Waals surface area contributed by atoms with E-state index in [1.807, 2.05) is 6.92 Å². The van der Waals surface area contributed by atoms with Crippen LogP contribution in [0.2, 0.25) is 0 Å². The van der Waals surface area contributed by atoms with E-state index in [1.54, 1.807) is 0 Å². The zero-order chi connectivity index (χ0) is 10.2. The molecule has 0 aliphatic heterocycles. The average molecular weight is 198 g/mol. The van der Waals surface area contributed by atoms with Crippen LogP contribution in [0.1, 0.15) is 39.0 Å². The highest BCUT2D eigenvalue weighted by atomic mass is 16.5. The Balaban J connectivity index is 2.11. The van der Waals surface area contributed by atoms with Crippen LogP contribution in [0.3, 0.4) is 0 Å². The number of carboxylic acid groups (broad SMARTS) is 1. The minimum Gasteiger partial charge on any atom is -0.479 e. The van der Waals surface area contributed by atoms with Gasteiger partial charge in [0.15, 0.2) is 5.60 Å². The Morgan fingerprint density at radius 1 is 1.57 bits per heavy atom. The molecule has 2 saturated carbocycles. The second kappa shape index (κ2) is 3.54. The van der Waals surface area contributed by atoms with Crippen LogP contribution in [0.25, 0.3) is 0 Å². The van der Waals surface area contributed by atoms with Crippen LogP contribution >= 0.6 is 0 Å². The van der Waals surface area contributed by atoms with E-state index in [0.717, 1.165) is 25.7 Å². The fraction of sp³-hybridized carbons (Fsp3) is 0.909. The molecule has 0 aromatic heterocycles. The maximum atomic E-state index is 11.3. The van der Waals surface area contributed by atoms with E-state index >= 15 is 0 Å². The first-order chi connectivity index (χ1) is 6.69. The summed E-state index contributed by atoms with van der Waals surface area (Å²) in [5, 5.41) is 9.29. The zero-order valence-electron chi connectivity index (χ0n) is 8.66. The number of fused-ring (bicyclic) bond motifs is 2. The topological polar surface area (TPSA) is 46.5 Å². The molecule has 2 rings (SSSR count). The number of carboxylic acids is 1. The average Bonchev–Trinajstić information content (AvgIpc) is 2.74. The van der Waals surface area contributed by atoms with Gasteiger partial charge in [-0.2, -0.15) is 0 Å². The van der Waals surface area contributed by atoms with Gasteiger partial charge in [0.1, 0.15) is 0 Å². The molecular formula is C11H18O3. The standard InChI is InChI=1S/C11H18O3/c1-2-5-14-11(10(12)13)7-8-3-4-9(11)6-8/h8-9H,2-7H2,1H3,(H,12,13). The van der Waals surface area contributed by atoms with E-state index in [0.29, 0.717) is 12.5 Å². The Morgan fingerprint density at radius 2 is 2.36 bits per heavy atom. The van der Waals surface area contributed by atoms with Gasteiger partial charge in [0.2, 0.25) is 0 Å².